The van der Waals surface area contributed by atoms with Crippen LogP contribution in [0.5, 0.6) is 0 Å². The fraction of sp³-hybridized carbons (Fsp3) is 0.375. The van der Waals surface area contributed by atoms with E-state index in [1.165, 1.54) is 18.4 Å². The molecule has 0 radical (unpaired) electrons. The standard InChI is InChI=1S/C8H9ClO3S/c1-12-8(11)7(10)3-6-2-5(9)4-13-6/h2,4,7,10H,3H2,1H3. The molecule has 1 rings (SSSR count). The number of carbonyl (C=O) groups excluding carboxylic acids is 1. The average molecular weight is 221 g/mol. The Morgan fingerprint density at radius 2 is 2.54 bits per heavy atom. The van der Waals surface area contributed by atoms with Gasteiger partial charge in [0.25, 0.3) is 0 Å². The molecule has 3 nitrogen and oxygen atoms in total. The first-order chi connectivity index (χ1) is 6.13. The lowest BCUT2D eigenvalue weighted by atomic mass is 10.2. The van der Waals surface area contributed by atoms with E-state index < -0.39 is 12.1 Å². The molecule has 0 aliphatic heterocycles. The maximum atomic E-state index is 10.8. The van der Waals surface area contributed by atoms with Crippen molar-refractivity contribution in [2.75, 3.05) is 7.11 Å². The van der Waals surface area contributed by atoms with Crippen molar-refractivity contribution < 1.29 is 14.6 Å². The van der Waals surface area contributed by atoms with Gasteiger partial charge in [0.05, 0.1) is 12.1 Å². The van der Waals surface area contributed by atoms with E-state index in [1.54, 1.807) is 11.4 Å². The quantitative estimate of drug-likeness (QED) is 0.785. The molecule has 13 heavy (non-hydrogen) atoms. The van der Waals surface area contributed by atoms with Gasteiger partial charge in [-0.1, -0.05) is 11.6 Å². The summed E-state index contributed by atoms with van der Waals surface area (Å²) in [6.07, 6.45) is -0.843. The average Bonchev–Trinajstić information content (AvgIpc) is 2.49. The van der Waals surface area contributed by atoms with Crippen LogP contribution in [-0.2, 0) is 16.0 Å². The van der Waals surface area contributed by atoms with Crippen LogP contribution in [0.2, 0.25) is 5.02 Å². The molecule has 1 unspecified atom stereocenters. The number of thiophene rings is 1. The van der Waals surface area contributed by atoms with Crippen molar-refractivity contribution in [1.82, 2.24) is 0 Å². The van der Waals surface area contributed by atoms with Crippen LogP contribution in [0, 0.1) is 0 Å². The third kappa shape index (κ3) is 2.99. The zero-order valence-corrected chi connectivity index (χ0v) is 8.56. The lowest BCUT2D eigenvalue weighted by Crippen LogP contribution is -2.23. The predicted octanol–water partition coefficient (Wildman–Crippen LogP) is 1.48. The van der Waals surface area contributed by atoms with Crippen molar-refractivity contribution in [3.8, 4) is 0 Å². The van der Waals surface area contributed by atoms with Crippen molar-refractivity contribution >= 4 is 28.9 Å². The minimum Gasteiger partial charge on any atom is -0.467 e. The lowest BCUT2D eigenvalue weighted by molar-refractivity contribution is -0.150. The van der Waals surface area contributed by atoms with Gasteiger partial charge in [0.15, 0.2) is 6.10 Å². The smallest absolute Gasteiger partial charge is 0.335 e. The zero-order valence-electron chi connectivity index (χ0n) is 6.99. The summed E-state index contributed by atoms with van der Waals surface area (Å²) in [6.45, 7) is 0. The lowest BCUT2D eigenvalue weighted by Gasteiger charge is -2.05. The maximum Gasteiger partial charge on any atom is 0.335 e. The summed E-state index contributed by atoms with van der Waals surface area (Å²) >= 11 is 7.08. The number of ether oxygens (including phenoxy) is 1. The second kappa shape index (κ2) is 4.60. The van der Waals surface area contributed by atoms with Crippen LogP contribution in [0.1, 0.15) is 4.88 Å². The van der Waals surface area contributed by atoms with Crippen LogP contribution in [0.25, 0.3) is 0 Å². The highest BCUT2D eigenvalue weighted by atomic mass is 35.5. The van der Waals surface area contributed by atoms with Crippen molar-refractivity contribution in [3.05, 3.63) is 21.3 Å². The highest BCUT2D eigenvalue weighted by Gasteiger charge is 2.16. The van der Waals surface area contributed by atoms with Crippen LogP contribution in [0.3, 0.4) is 0 Å². The molecule has 0 bridgehead atoms. The summed E-state index contributed by atoms with van der Waals surface area (Å²) in [6, 6.07) is 1.72. The van der Waals surface area contributed by atoms with E-state index in [-0.39, 0.29) is 6.42 Å². The Bertz CT molecular complexity index is 297. The first-order valence-corrected chi connectivity index (χ1v) is 4.88. The molecule has 0 saturated heterocycles. The first kappa shape index (κ1) is 10.5. The molecule has 1 aromatic rings. The SMILES string of the molecule is COC(=O)C(O)Cc1cc(Cl)cs1. The number of carbonyl (C=O) groups is 1. The highest BCUT2D eigenvalue weighted by Crippen LogP contribution is 2.20. The van der Waals surface area contributed by atoms with E-state index in [9.17, 15) is 9.90 Å². The van der Waals surface area contributed by atoms with E-state index in [2.05, 4.69) is 4.74 Å². The van der Waals surface area contributed by atoms with Gasteiger partial charge in [-0.2, -0.15) is 0 Å². The number of hydrogen-bond donors (Lipinski definition) is 1. The molecule has 1 atom stereocenters. The number of esters is 1. The van der Waals surface area contributed by atoms with Crippen LogP contribution in [0.4, 0.5) is 0 Å². The summed E-state index contributed by atoms with van der Waals surface area (Å²) in [5.74, 6) is -0.621. The molecule has 0 aliphatic rings. The number of rotatable bonds is 3. The van der Waals surface area contributed by atoms with Gasteiger partial charge in [0.2, 0.25) is 0 Å². The van der Waals surface area contributed by atoms with Gasteiger partial charge in [0, 0.05) is 16.7 Å². The van der Waals surface area contributed by atoms with Crippen molar-refractivity contribution in [3.63, 3.8) is 0 Å². The van der Waals surface area contributed by atoms with Crippen LogP contribution in [0.15, 0.2) is 11.4 Å². The number of aliphatic hydroxyl groups excluding tert-OH is 1. The molecule has 72 valence electrons. The molecule has 1 N–H and O–H groups in total. The third-order valence-electron chi connectivity index (χ3n) is 1.49. The van der Waals surface area contributed by atoms with Gasteiger partial charge in [-0.05, 0) is 6.07 Å². The molecule has 5 heteroatoms. The first-order valence-electron chi connectivity index (χ1n) is 3.62. The number of halogens is 1. The van der Waals surface area contributed by atoms with Crippen molar-refractivity contribution in [1.29, 1.82) is 0 Å². The predicted molar refractivity (Wildman–Crippen MR) is 51.1 cm³/mol. The van der Waals surface area contributed by atoms with Gasteiger partial charge >= 0.3 is 5.97 Å². The molecular formula is C8H9ClO3S. The Kier molecular flexibility index (Phi) is 3.71. The van der Waals surface area contributed by atoms with E-state index in [0.29, 0.717) is 5.02 Å². The fourth-order valence-corrected chi connectivity index (χ4v) is 1.98. The summed E-state index contributed by atoms with van der Waals surface area (Å²) < 4.78 is 4.37. The monoisotopic (exact) mass is 220 g/mol. The number of aliphatic hydroxyl groups is 1. The molecule has 0 aromatic carbocycles. The van der Waals surface area contributed by atoms with Crippen LogP contribution >= 0.6 is 22.9 Å². The minimum absolute atomic E-state index is 0.254. The second-order valence-electron chi connectivity index (χ2n) is 2.47. The molecule has 1 heterocycles. The number of hydrogen-bond acceptors (Lipinski definition) is 4. The zero-order chi connectivity index (χ0) is 9.84. The fourth-order valence-electron chi connectivity index (χ4n) is 0.871. The summed E-state index contributed by atoms with van der Waals surface area (Å²) in [4.78, 5) is 11.7. The second-order valence-corrected chi connectivity index (χ2v) is 3.91. The van der Waals surface area contributed by atoms with Gasteiger partial charge in [-0.25, -0.2) is 4.79 Å². The van der Waals surface area contributed by atoms with Gasteiger partial charge in [0.1, 0.15) is 0 Å². The molecule has 1 aromatic heterocycles. The maximum absolute atomic E-state index is 10.8. The van der Waals surface area contributed by atoms with Crippen LogP contribution in [-0.4, -0.2) is 24.3 Å². The van der Waals surface area contributed by atoms with E-state index >= 15 is 0 Å². The molecule has 0 aliphatic carbocycles. The normalized spacial score (nSPS) is 12.5. The van der Waals surface area contributed by atoms with Gasteiger partial charge in [-0.3, -0.25) is 0 Å². The summed E-state index contributed by atoms with van der Waals surface area (Å²) in [7, 11) is 1.24. The highest BCUT2D eigenvalue weighted by molar-refractivity contribution is 7.10. The Morgan fingerprint density at radius 3 is 3.00 bits per heavy atom. The molecule has 0 amide bonds. The third-order valence-corrected chi connectivity index (χ3v) is 2.80. The van der Waals surface area contributed by atoms with Gasteiger partial charge < -0.3 is 9.84 Å². The molecular weight excluding hydrogens is 212 g/mol. The van der Waals surface area contributed by atoms with Crippen molar-refractivity contribution in [2.24, 2.45) is 0 Å². The van der Waals surface area contributed by atoms with Crippen LogP contribution < -0.4 is 0 Å². The van der Waals surface area contributed by atoms with E-state index in [0.717, 1.165) is 4.88 Å². The molecule has 0 spiro atoms. The summed E-state index contributed by atoms with van der Waals surface area (Å²) in [5, 5.41) is 11.6. The largest absolute Gasteiger partial charge is 0.467 e. The molecule has 0 saturated carbocycles. The van der Waals surface area contributed by atoms with Gasteiger partial charge in [-0.15, -0.1) is 11.3 Å². The Morgan fingerprint density at radius 1 is 1.85 bits per heavy atom. The summed E-state index contributed by atoms with van der Waals surface area (Å²) in [5.41, 5.74) is 0. The minimum atomic E-state index is -1.10. The number of methoxy groups -OCH3 is 1. The van der Waals surface area contributed by atoms with E-state index in [4.69, 9.17) is 11.6 Å². The van der Waals surface area contributed by atoms with E-state index in [1.807, 2.05) is 0 Å². The Hall–Kier alpha value is -0.580. The Balaban J connectivity index is 2.54. The molecule has 0 fully saturated rings. The van der Waals surface area contributed by atoms with Crippen molar-refractivity contribution in [2.45, 2.75) is 12.5 Å². The topological polar surface area (TPSA) is 46.5 Å². The Labute approximate surface area is 84.9 Å².